The SMILES string of the molecule is COc1ccc(CCN2CCCNCC2)c(OC)c1. The van der Waals surface area contributed by atoms with Crippen LogP contribution in [0.25, 0.3) is 0 Å². The molecule has 0 atom stereocenters. The Morgan fingerprint density at radius 1 is 1.16 bits per heavy atom. The van der Waals surface area contributed by atoms with Crippen LogP contribution in [-0.2, 0) is 6.42 Å². The molecule has 1 saturated heterocycles. The van der Waals surface area contributed by atoms with Gasteiger partial charge < -0.3 is 19.7 Å². The summed E-state index contributed by atoms with van der Waals surface area (Å²) in [5.41, 5.74) is 1.25. The van der Waals surface area contributed by atoms with Crippen molar-refractivity contribution in [1.29, 1.82) is 0 Å². The fourth-order valence-electron chi connectivity index (χ4n) is 2.46. The first kappa shape index (κ1) is 14.2. The topological polar surface area (TPSA) is 33.7 Å². The van der Waals surface area contributed by atoms with E-state index in [1.807, 2.05) is 12.1 Å². The van der Waals surface area contributed by atoms with Gasteiger partial charge in [-0.2, -0.15) is 0 Å². The van der Waals surface area contributed by atoms with E-state index < -0.39 is 0 Å². The Morgan fingerprint density at radius 2 is 2.05 bits per heavy atom. The second kappa shape index (κ2) is 7.36. The molecular formula is C15H24N2O2. The second-order valence-corrected chi connectivity index (χ2v) is 4.87. The lowest BCUT2D eigenvalue weighted by molar-refractivity contribution is 0.294. The largest absolute Gasteiger partial charge is 0.497 e. The summed E-state index contributed by atoms with van der Waals surface area (Å²) in [5.74, 6) is 1.77. The van der Waals surface area contributed by atoms with Crippen molar-refractivity contribution >= 4 is 0 Å². The van der Waals surface area contributed by atoms with Crippen LogP contribution in [0.4, 0.5) is 0 Å². The van der Waals surface area contributed by atoms with E-state index in [1.165, 1.54) is 18.5 Å². The van der Waals surface area contributed by atoms with Gasteiger partial charge in [-0.05, 0) is 37.6 Å². The molecule has 0 aromatic heterocycles. The molecular weight excluding hydrogens is 240 g/mol. The summed E-state index contributed by atoms with van der Waals surface area (Å²) in [6, 6.07) is 6.06. The maximum atomic E-state index is 5.44. The monoisotopic (exact) mass is 264 g/mol. The summed E-state index contributed by atoms with van der Waals surface area (Å²) in [7, 11) is 3.40. The van der Waals surface area contributed by atoms with Crippen molar-refractivity contribution in [1.82, 2.24) is 10.2 Å². The van der Waals surface area contributed by atoms with Gasteiger partial charge in [0.25, 0.3) is 0 Å². The Balaban J connectivity index is 1.94. The average molecular weight is 264 g/mol. The van der Waals surface area contributed by atoms with Gasteiger partial charge in [0, 0.05) is 25.7 Å². The van der Waals surface area contributed by atoms with Gasteiger partial charge in [0.1, 0.15) is 11.5 Å². The zero-order chi connectivity index (χ0) is 13.5. The van der Waals surface area contributed by atoms with Gasteiger partial charge in [0.2, 0.25) is 0 Å². The van der Waals surface area contributed by atoms with E-state index in [0.29, 0.717) is 0 Å². The van der Waals surface area contributed by atoms with Crippen LogP contribution in [-0.4, -0.2) is 51.8 Å². The van der Waals surface area contributed by atoms with E-state index in [1.54, 1.807) is 14.2 Å². The lowest BCUT2D eigenvalue weighted by atomic mass is 10.1. The number of nitrogens with one attached hydrogen (secondary N) is 1. The van der Waals surface area contributed by atoms with Crippen molar-refractivity contribution in [2.24, 2.45) is 0 Å². The molecule has 1 aromatic carbocycles. The molecule has 1 aliphatic rings. The normalized spacial score (nSPS) is 16.9. The summed E-state index contributed by atoms with van der Waals surface area (Å²) in [4.78, 5) is 2.52. The average Bonchev–Trinajstić information content (AvgIpc) is 2.73. The number of rotatable bonds is 5. The summed E-state index contributed by atoms with van der Waals surface area (Å²) in [6.45, 7) is 5.65. The van der Waals surface area contributed by atoms with E-state index in [2.05, 4.69) is 16.3 Å². The third-order valence-electron chi connectivity index (χ3n) is 3.62. The van der Waals surface area contributed by atoms with Gasteiger partial charge in [-0.1, -0.05) is 6.07 Å². The van der Waals surface area contributed by atoms with Gasteiger partial charge in [0.15, 0.2) is 0 Å². The molecule has 1 fully saturated rings. The third kappa shape index (κ3) is 4.11. The predicted octanol–water partition coefficient (Wildman–Crippen LogP) is 1.54. The minimum absolute atomic E-state index is 0.847. The first-order valence-corrected chi connectivity index (χ1v) is 6.97. The van der Waals surface area contributed by atoms with Gasteiger partial charge in [-0.25, -0.2) is 0 Å². The fraction of sp³-hybridized carbons (Fsp3) is 0.600. The Labute approximate surface area is 115 Å². The van der Waals surface area contributed by atoms with Crippen LogP contribution in [0.5, 0.6) is 11.5 Å². The van der Waals surface area contributed by atoms with Crippen molar-refractivity contribution in [2.45, 2.75) is 12.8 Å². The number of methoxy groups -OCH3 is 2. The Bertz CT molecular complexity index is 388. The fourth-order valence-corrected chi connectivity index (χ4v) is 2.46. The number of hydrogen-bond acceptors (Lipinski definition) is 4. The van der Waals surface area contributed by atoms with Crippen LogP contribution in [0, 0.1) is 0 Å². The third-order valence-corrected chi connectivity index (χ3v) is 3.62. The quantitative estimate of drug-likeness (QED) is 0.875. The molecule has 0 saturated carbocycles. The maximum Gasteiger partial charge on any atom is 0.125 e. The number of benzene rings is 1. The Kier molecular flexibility index (Phi) is 5.48. The van der Waals surface area contributed by atoms with Gasteiger partial charge >= 0.3 is 0 Å². The molecule has 1 aliphatic heterocycles. The van der Waals surface area contributed by atoms with E-state index in [9.17, 15) is 0 Å². The lowest BCUT2D eigenvalue weighted by Crippen LogP contribution is -2.30. The van der Waals surface area contributed by atoms with Crippen LogP contribution >= 0.6 is 0 Å². The van der Waals surface area contributed by atoms with Crippen LogP contribution in [0.1, 0.15) is 12.0 Å². The van der Waals surface area contributed by atoms with Crippen LogP contribution < -0.4 is 14.8 Å². The van der Waals surface area contributed by atoms with Crippen molar-refractivity contribution in [3.05, 3.63) is 23.8 Å². The Morgan fingerprint density at radius 3 is 2.84 bits per heavy atom. The molecule has 0 aliphatic carbocycles. The number of nitrogens with zero attached hydrogens (tertiary/aromatic N) is 1. The summed E-state index contributed by atoms with van der Waals surface area (Å²) in [6.07, 6.45) is 2.26. The summed E-state index contributed by atoms with van der Waals surface area (Å²) in [5, 5.41) is 3.43. The summed E-state index contributed by atoms with van der Waals surface area (Å²) >= 11 is 0. The molecule has 1 aromatic rings. The van der Waals surface area contributed by atoms with E-state index in [-0.39, 0.29) is 0 Å². The Hall–Kier alpha value is -1.26. The minimum Gasteiger partial charge on any atom is -0.497 e. The molecule has 4 nitrogen and oxygen atoms in total. The van der Waals surface area contributed by atoms with Gasteiger partial charge in [-0.3, -0.25) is 0 Å². The molecule has 1 N–H and O–H groups in total. The molecule has 19 heavy (non-hydrogen) atoms. The molecule has 2 rings (SSSR count). The van der Waals surface area contributed by atoms with Crippen molar-refractivity contribution < 1.29 is 9.47 Å². The highest BCUT2D eigenvalue weighted by atomic mass is 16.5. The molecule has 1 heterocycles. The van der Waals surface area contributed by atoms with Gasteiger partial charge in [-0.15, -0.1) is 0 Å². The van der Waals surface area contributed by atoms with E-state index in [0.717, 1.165) is 44.1 Å². The highest BCUT2D eigenvalue weighted by molar-refractivity contribution is 5.40. The number of hydrogen-bond donors (Lipinski definition) is 1. The van der Waals surface area contributed by atoms with Crippen molar-refractivity contribution in [2.75, 3.05) is 46.9 Å². The molecule has 0 unspecified atom stereocenters. The first-order valence-electron chi connectivity index (χ1n) is 6.97. The predicted molar refractivity (Wildman–Crippen MR) is 77.2 cm³/mol. The smallest absolute Gasteiger partial charge is 0.125 e. The zero-order valence-corrected chi connectivity index (χ0v) is 11.9. The van der Waals surface area contributed by atoms with Crippen LogP contribution in [0.3, 0.4) is 0 Å². The summed E-state index contributed by atoms with van der Waals surface area (Å²) < 4.78 is 10.7. The van der Waals surface area contributed by atoms with Crippen molar-refractivity contribution in [3.63, 3.8) is 0 Å². The molecule has 0 amide bonds. The van der Waals surface area contributed by atoms with Crippen molar-refractivity contribution in [3.8, 4) is 11.5 Å². The van der Waals surface area contributed by atoms with Gasteiger partial charge in [0.05, 0.1) is 14.2 Å². The van der Waals surface area contributed by atoms with E-state index >= 15 is 0 Å². The molecule has 4 heteroatoms. The standard InChI is InChI=1S/C15H24N2O2/c1-18-14-5-4-13(15(12-14)19-2)6-10-17-9-3-7-16-8-11-17/h4-5,12,16H,3,6-11H2,1-2H3. The molecule has 0 radical (unpaired) electrons. The van der Waals surface area contributed by atoms with E-state index in [4.69, 9.17) is 9.47 Å². The maximum absolute atomic E-state index is 5.44. The minimum atomic E-state index is 0.847. The lowest BCUT2D eigenvalue weighted by Gasteiger charge is -2.20. The highest BCUT2D eigenvalue weighted by Gasteiger charge is 2.10. The zero-order valence-electron chi connectivity index (χ0n) is 11.9. The van der Waals surface area contributed by atoms with Crippen LogP contribution in [0.2, 0.25) is 0 Å². The number of ether oxygens (including phenoxy) is 2. The molecule has 0 bridgehead atoms. The molecule has 0 spiro atoms. The first-order chi connectivity index (χ1) is 9.33. The highest BCUT2D eigenvalue weighted by Crippen LogP contribution is 2.25. The molecule has 106 valence electrons. The second-order valence-electron chi connectivity index (χ2n) is 4.87. The van der Waals surface area contributed by atoms with Crippen LogP contribution in [0.15, 0.2) is 18.2 Å².